The zero-order valence-corrected chi connectivity index (χ0v) is 10.8. The second-order valence-electron chi connectivity index (χ2n) is 4.23. The summed E-state index contributed by atoms with van der Waals surface area (Å²) in [5.74, 6) is 5.81. The molecule has 1 unspecified atom stereocenters. The lowest BCUT2D eigenvalue weighted by Crippen LogP contribution is -2.33. The maximum absolute atomic E-state index is 3.49. The zero-order valence-electron chi connectivity index (χ0n) is 10.8. The lowest BCUT2D eigenvalue weighted by atomic mass is 10.0. The summed E-state index contributed by atoms with van der Waals surface area (Å²) in [7, 11) is 0. The van der Waals surface area contributed by atoms with Crippen molar-refractivity contribution < 1.29 is 0 Å². The Kier molecular flexibility index (Phi) is 6.83. The maximum atomic E-state index is 3.49. The molecule has 15 heavy (non-hydrogen) atoms. The Morgan fingerprint density at radius 1 is 1.20 bits per heavy atom. The van der Waals surface area contributed by atoms with Crippen molar-refractivity contribution in [2.45, 2.75) is 53.6 Å². The van der Waals surface area contributed by atoms with Crippen molar-refractivity contribution in [3.8, 4) is 11.8 Å². The number of rotatable bonds is 4. The highest BCUT2D eigenvalue weighted by Gasteiger charge is 2.07. The topological polar surface area (TPSA) is 12.0 Å². The van der Waals surface area contributed by atoms with E-state index in [1.54, 1.807) is 0 Å². The van der Waals surface area contributed by atoms with E-state index in [1.807, 2.05) is 13.0 Å². The molecular weight excluding hydrogens is 182 g/mol. The molecule has 0 heterocycles. The van der Waals surface area contributed by atoms with Gasteiger partial charge in [0.05, 0.1) is 0 Å². The first-order valence-corrected chi connectivity index (χ1v) is 5.51. The molecule has 1 nitrogen and oxygen atoms in total. The van der Waals surface area contributed by atoms with E-state index >= 15 is 0 Å². The van der Waals surface area contributed by atoms with Gasteiger partial charge in [-0.1, -0.05) is 25.3 Å². The van der Waals surface area contributed by atoms with Crippen LogP contribution in [0, 0.1) is 11.8 Å². The molecular formula is C14H23N. The van der Waals surface area contributed by atoms with Gasteiger partial charge in [-0.15, -0.1) is 5.92 Å². The molecule has 0 aromatic heterocycles. The van der Waals surface area contributed by atoms with Crippen molar-refractivity contribution in [1.82, 2.24) is 5.32 Å². The van der Waals surface area contributed by atoms with Gasteiger partial charge in [0.25, 0.3) is 0 Å². The molecule has 0 saturated heterocycles. The minimum atomic E-state index is 0.380. The Hall–Kier alpha value is -1.00. The maximum Gasteiger partial charge on any atom is 0.0293 e. The molecule has 0 aromatic carbocycles. The SMILES string of the molecule is CC#C/C=C\C(=C(C)C)C(C)NC(C)C. The van der Waals surface area contributed by atoms with Crippen LogP contribution in [0.3, 0.4) is 0 Å². The Morgan fingerprint density at radius 2 is 1.80 bits per heavy atom. The number of allylic oxidation sites excluding steroid dienone is 2. The van der Waals surface area contributed by atoms with Crippen molar-refractivity contribution in [1.29, 1.82) is 0 Å². The highest BCUT2D eigenvalue weighted by Crippen LogP contribution is 2.11. The number of hydrogen-bond donors (Lipinski definition) is 1. The molecule has 0 aromatic rings. The molecule has 0 spiro atoms. The van der Waals surface area contributed by atoms with E-state index in [9.17, 15) is 0 Å². The van der Waals surface area contributed by atoms with Gasteiger partial charge in [-0.05, 0) is 45.4 Å². The molecule has 0 amide bonds. The van der Waals surface area contributed by atoms with Crippen molar-refractivity contribution in [3.63, 3.8) is 0 Å². The van der Waals surface area contributed by atoms with Crippen LogP contribution in [0.25, 0.3) is 0 Å². The van der Waals surface area contributed by atoms with E-state index < -0.39 is 0 Å². The van der Waals surface area contributed by atoms with Crippen LogP contribution in [-0.4, -0.2) is 12.1 Å². The Labute approximate surface area is 94.7 Å². The van der Waals surface area contributed by atoms with Crippen LogP contribution >= 0.6 is 0 Å². The molecule has 1 heteroatoms. The summed E-state index contributed by atoms with van der Waals surface area (Å²) >= 11 is 0. The van der Waals surface area contributed by atoms with E-state index in [4.69, 9.17) is 0 Å². The lowest BCUT2D eigenvalue weighted by Gasteiger charge is -2.19. The van der Waals surface area contributed by atoms with Crippen LogP contribution in [0.5, 0.6) is 0 Å². The second kappa shape index (κ2) is 7.31. The van der Waals surface area contributed by atoms with E-state index in [1.165, 1.54) is 11.1 Å². The summed E-state index contributed by atoms with van der Waals surface area (Å²) in [4.78, 5) is 0. The van der Waals surface area contributed by atoms with Crippen LogP contribution < -0.4 is 5.32 Å². The molecule has 0 rings (SSSR count). The van der Waals surface area contributed by atoms with E-state index in [-0.39, 0.29) is 0 Å². The first-order valence-electron chi connectivity index (χ1n) is 5.51. The van der Waals surface area contributed by atoms with Gasteiger partial charge in [-0.2, -0.15) is 0 Å². The van der Waals surface area contributed by atoms with E-state index in [2.05, 4.69) is 57.9 Å². The molecule has 0 bridgehead atoms. The Balaban J connectivity index is 4.67. The Morgan fingerprint density at radius 3 is 2.20 bits per heavy atom. The van der Waals surface area contributed by atoms with Crippen molar-refractivity contribution in [3.05, 3.63) is 23.3 Å². The van der Waals surface area contributed by atoms with E-state index in [0.29, 0.717) is 12.1 Å². The smallest absolute Gasteiger partial charge is 0.0293 e. The molecule has 1 atom stereocenters. The molecule has 0 aliphatic heterocycles. The van der Waals surface area contributed by atoms with Crippen LogP contribution in [0.4, 0.5) is 0 Å². The fourth-order valence-corrected chi connectivity index (χ4v) is 1.55. The summed E-state index contributed by atoms with van der Waals surface area (Å²) in [5, 5.41) is 3.49. The summed E-state index contributed by atoms with van der Waals surface area (Å²) in [5.41, 5.74) is 2.66. The first-order chi connectivity index (χ1) is 6.99. The van der Waals surface area contributed by atoms with Crippen molar-refractivity contribution in [2.75, 3.05) is 0 Å². The Bertz CT molecular complexity index is 293. The van der Waals surface area contributed by atoms with Crippen LogP contribution in [0.15, 0.2) is 23.3 Å². The molecule has 0 aliphatic rings. The summed E-state index contributed by atoms with van der Waals surface area (Å²) in [6.07, 6.45) is 4.02. The molecule has 0 saturated carbocycles. The zero-order chi connectivity index (χ0) is 11.8. The molecule has 0 aliphatic carbocycles. The number of hydrogen-bond acceptors (Lipinski definition) is 1. The van der Waals surface area contributed by atoms with Gasteiger partial charge >= 0.3 is 0 Å². The summed E-state index contributed by atoms with van der Waals surface area (Å²) in [6, 6.07) is 0.880. The molecule has 1 N–H and O–H groups in total. The normalized spacial score (nSPS) is 12.5. The van der Waals surface area contributed by atoms with Gasteiger partial charge in [0.1, 0.15) is 0 Å². The van der Waals surface area contributed by atoms with Gasteiger partial charge in [-0.25, -0.2) is 0 Å². The third-order valence-corrected chi connectivity index (χ3v) is 2.12. The van der Waals surface area contributed by atoms with Crippen LogP contribution in [0.2, 0.25) is 0 Å². The largest absolute Gasteiger partial charge is 0.308 e. The predicted octanol–water partition coefficient (Wildman–Crippen LogP) is 3.29. The average molecular weight is 205 g/mol. The highest BCUT2D eigenvalue weighted by molar-refractivity contribution is 5.32. The van der Waals surface area contributed by atoms with Gasteiger partial charge in [0.15, 0.2) is 0 Å². The second-order valence-corrected chi connectivity index (χ2v) is 4.23. The minimum Gasteiger partial charge on any atom is -0.308 e. The van der Waals surface area contributed by atoms with Crippen LogP contribution in [-0.2, 0) is 0 Å². The monoisotopic (exact) mass is 205 g/mol. The third-order valence-electron chi connectivity index (χ3n) is 2.12. The highest BCUT2D eigenvalue weighted by atomic mass is 14.9. The molecule has 0 radical (unpaired) electrons. The lowest BCUT2D eigenvalue weighted by molar-refractivity contribution is 0.536. The van der Waals surface area contributed by atoms with E-state index in [0.717, 1.165) is 0 Å². The summed E-state index contributed by atoms with van der Waals surface area (Å²) < 4.78 is 0. The number of nitrogens with one attached hydrogen (secondary N) is 1. The fourth-order valence-electron chi connectivity index (χ4n) is 1.55. The van der Waals surface area contributed by atoms with Crippen molar-refractivity contribution in [2.24, 2.45) is 0 Å². The van der Waals surface area contributed by atoms with Gasteiger partial charge in [0, 0.05) is 12.1 Å². The first kappa shape index (κ1) is 14.0. The summed E-state index contributed by atoms with van der Waals surface area (Å²) in [6.45, 7) is 12.6. The standard InChI is InChI=1S/C14H23N/c1-7-8-9-10-14(11(2)3)13(6)15-12(4)5/h9-10,12-13,15H,1-6H3/b10-9-. The quantitative estimate of drug-likeness (QED) is 0.548. The third kappa shape index (κ3) is 6.14. The van der Waals surface area contributed by atoms with Gasteiger partial charge < -0.3 is 5.32 Å². The molecule has 0 fully saturated rings. The van der Waals surface area contributed by atoms with Crippen LogP contribution in [0.1, 0.15) is 41.5 Å². The van der Waals surface area contributed by atoms with Crippen molar-refractivity contribution >= 4 is 0 Å². The average Bonchev–Trinajstić information content (AvgIpc) is 2.10. The van der Waals surface area contributed by atoms with Gasteiger partial charge in [0.2, 0.25) is 0 Å². The molecule has 84 valence electrons. The van der Waals surface area contributed by atoms with Gasteiger partial charge in [-0.3, -0.25) is 0 Å². The minimum absolute atomic E-state index is 0.380. The fraction of sp³-hybridized carbons (Fsp3) is 0.571. The predicted molar refractivity (Wildman–Crippen MR) is 68.7 cm³/mol.